The molecule has 0 atom stereocenters. The highest BCUT2D eigenvalue weighted by atomic mass is 32.1. The van der Waals surface area contributed by atoms with E-state index in [1.807, 2.05) is 0 Å². The first-order valence-electron chi connectivity index (χ1n) is 10.3. The lowest BCUT2D eigenvalue weighted by Crippen LogP contribution is -2.27. The Kier molecular flexibility index (Phi) is 16.8. The van der Waals surface area contributed by atoms with Gasteiger partial charge in [0.05, 0.1) is 6.61 Å². The van der Waals surface area contributed by atoms with Gasteiger partial charge in [-0.3, -0.25) is 0 Å². The Hall–Kier alpha value is -1.39. The molecule has 4 heteroatoms. The van der Waals surface area contributed by atoms with E-state index < -0.39 is 0 Å². The molecule has 0 rings (SSSR count). The third-order valence-electron chi connectivity index (χ3n) is 4.38. The summed E-state index contributed by atoms with van der Waals surface area (Å²) in [6.45, 7) is 12.8. The van der Waals surface area contributed by atoms with Crippen LogP contribution in [0, 0.1) is 0 Å². The van der Waals surface area contributed by atoms with Crippen LogP contribution in [0.3, 0.4) is 0 Å². The van der Waals surface area contributed by atoms with E-state index in [0.717, 1.165) is 32.1 Å². The van der Waals surface area contributed by atoms with Gasteiger partial charge in [-0.15, -0.1) is 0 Å². The monoisotopic (exact) mass is 407 g/mol. The predicted octanol–water partition coefficient (Wildman–Crippen LogP) is 6.67. The summed E-state index contributed by atoms with van der Waals surface area (Å²) in [5, 5.41) is 3.43. The van der Waals surface area contributed by atoms with Crippen LogP contribution in [-0.4, -0.2) is 32.0 Å². The van der Waals surface area contributed by atoms with E-state index in [9.17, 15) is 0 Å². The maximum Gasteiger partial charge on any atom is 0.257 e. The minimum Gasteiger partial charge on any atom is -0.467 e. The van der Waals surface area contributed by atoms with Crippen LogP contribution in [0.2, 0.25) is 0 Å². The zero-order chi connectivity index (χ0) is 21.2. The fourth-order valence-electron chi connectivity index (χ4n) is 2.55. The Labute approximate surface area is 179 Å². The first-order chi connectivity index (χ1) is 13.3. The van der Waals surface area contributed by atoms with Gasteiger partial charge >= 0.3 is 0 Å². The van der Waals surface area contributed by atoms with Gasteiger partial charge in [-0.1, -0.05) is 40.5 Å². The average molecular weight is 408 g/mol. The quantitative estimate of drug-likeness (QED) is 0.198. The molecule has 0 unspecified atom stereocenters. The molecular formula is C24H41NO2S. The second-order valence-electron chi connectivity index (χ2n) is 7.57. The van der Waals surface area contributed by atoms with Gasteiger partial charge in [0, 0.05) is 13.7 Å². The molecule has 0 aliphatic rings. The summed E-state index contributed by atoms with van der Waals surface area (Å²) in [5.41, 5.74) is 5.71. The first kappa shape index (κ1) is 26.6. The molecule has 0 radical (unpaired) electrons. The van der Waals surface area contributed by atoms with Gasteiger partial charge < -0.3 is 14.8 Å². The van der Waals surface area contributed by atoms with Crippen molar-refractivity contribution in [1.29, 1.82) is 0 Å². The summed E-state index contributed by atoms with van der Waals surface area (Å²) in [7, 11) is 1.67. The van der Waals surface area contributed by atoms with Crippen molar-refractivity contribution in [3.8, 4) is 0 Å². The molecule has 0 saturated heterocycles. The van der Waals surface area contributed by atoms with Crippen molar-refractivity contribution >= 4 is 17.4 Å². The maximum atomic E-state index is 5.47. The molecule has 0 spiro atoms. The van der Waals surface area contributed by atoms with Crippen LogP contribution in [0.4, 0.5) is 0 Å². The van der Waals surface area contributed by atoms with Crippen molar-refractivity contribution in [3.05, 3.63) is 46.6 Å². The van der Waals surface area contributed by atoms with Gasteiger partial charge in [-0.2, -0.15) is 0 Å². The lowest BCUT2D eigenvalue weighted by atomic mass is 10.0. The average Bonchev–Trinajstić information content (AvgIpc) is 2.61. The lowest BCUT2D eigenvalue weighted by molar-refractivity contribution is 0.201. The molecule has 28 heavy (non-hydrogen) atoms. The topological polar surface area (TPSA) is 30.5 Å². The highest BCUT2D eigenvalue weighted by Gasteiger charge is 1.96. The molecule has 0 fully saturated rings. The van der Waals surface area contributed by atoms with Crippen molar-refractivity contribution < 1.29 is 9.47 Å². The summed E-state index contributed by atoms with van der Waals surface area (Å²) in [5.74, 6) is 0. The third kappa shape index (κ3) is 18.0. The fraction of sp³-hybridized carbons (Fsp3) is 0.625. The van der Waals surface area contributed by atoms with Crippen molar-refractivity contribution in [2.24, 2.45) is 0 Å². The Morgan fingerprint density at radius 2 is 1.29 bits per heavy atom. The summed E-state index contributed by atoms with van der Waals surface area (Å²) in [4.78, 5) is 0. The molecular weight excluding hydrogens is 366 g/mol. The minimum atomic E-state index is 0.432. The highest BCUT2D eigenvalue weighted by molar-refractivity contribution is 7.80. The zero-order valence-electron chi connectivity index (χ0n) is 18.9. The van der Waals surface area contributed by atoms with Crippen LogP contribution in [-0.2, 0) is 9.47 Å². The van der Waals surface area contributed by atoms with Gasteiger partial charge in [0.2, 0.25) is 0 Å². The van der Waals surface area contributed by atoms with E-state index in [-0.39, 0.29) is 0 Å². The molecule has 160 valence electrons. The summed E-state index contributed by atoms with van der Waals surface area (Å²) >= 11 is 5.10. The van der Waals surface area contributed by atoms with E-state index in [1.54, 1.807) is 7.11 Å². The smallest absolute Gasteiger partial charge is 0.257 e. The van der Waals surface area contributed by atoms with Crippen LogP contribution in [0.5, 0.6) is 0 Å². The molecule has 0 aromatic carbocycles. The van der Waals surface area contributed by atoms with Gasteiger partial charge in [-0.25, -0.2) is 0 Å². The number of nitrogens with one attached hydrogen (secondary N) is 1. The van der Waals surface area contributed by atoms with Crippen LogP contribution in [0.25, 0.3) is 0 Å². The van der Waals surface area contributed by atoms with Crippen molar-refractivity contribution in [2.75, 3.05) is 26.9 Å². The molecule has 0 heterocycles. The highest BCUT2D eigenvalue weighted by Crippen LogP contribution is 2.13. The molecule has 0 aromatic rings. The number of allylic oxidation sites excluding steroid dienone is 7. The van der Waals surface area contributed by atoms with Gasteiger partial charge in [0.25, 0.3) is 5.17 Å². The molecule has 0 aliphatic carbocycles. The van der Waals surface area contributed by atoms with Crippen molar-refractivity contribution in [1.82, 2.24) is 5.32 Å². The number of thiocarbonyl (C=S) groups is 1. The molecule has 0 bridgehead atoms. The van der Waals surface area contributed by atoms with E-state index in [0.29, 0.717) is 24.9 Å². The first-order valence-corrected chi connectivity index (χ1v) is 10.8. The van der Waals surface area contributed by atoms with Gasteiger partial charge in [0.1, 0.15) is 6.61 Å². The SMILES string of the molecule is COCCNC(=S)OC/C=C(\C)CC/C=C(\C)CC/C=C(\C)CCC=C(C)C. The lowest BCUT2D eigenvalue weighted by Gasteiger charge is -2.08. The standard InChI is InChI=1S/C24H41NO2S/c1-20(2)10-7-11-21(3)12-8-13-22(4)14-9-15-23(5)16-18-27-24(28)25-17-19-26-6/h10,12,14,16H,7-9,11,13,15,17-19H2,1-6H3,(H,25,28)/b21-12+,22-14+,23-16+. The Balaban J connectivity index is 3.97. The van der Waals surface area contributed by atoms with E-state index >= 15 is 0 Å². The summed E-state index contributed by atoms with van der Waals surface area (Å²) < 4.78 is 10.4. The number of hydrogen-bond acceptors (Lipinski definition) is 3. The molecule has 3 nitrogen and oxygen atoms in total. The molecule has 0 amide bonds. The summed E-state index contributed by atoms with van der Waals surface area (Å²) in [6.07, 6.45) is 15.9. The molecule has 0 saturated carbocycles. The maximum absolute atomic E-state index is 5.47. The molecule has 0 aromatic heterocycles. The van der Waals surface area contributed by atoms with Crippen LogP contribution < -0.4 is 5.32 Å². The van der Waals surface area contributed by atoms with Gasteiger partial charge in [-0.05, 0) is 91.4 Å². The second kappa shape index (κ2) is 17.7. The Morgan fingerprint density at radius 3 is 1.79 bits per heavy atom. The summed E-state index contributed by atoms with van der Waals surface area (Å²) in [6, 6.07) is 0. The van der Waals surface area contributed by atoms with Crippen molar-refractivity contribution in [3.63, 3.8) is 0 Å². The van der Waals surface area contributed by atoms with Crippen LogP contribution in [0.15, 0.2) is 46.6 Å². The predicted molar refractivity (Wildman–Crippen MR) is 127 cm³/mol. The Bertz CT molecular complexity index is 555. The zero-order valence-corrected chi connectivity index (χ0v) is 19.7. The number of hydrogen-bond donors (Lipinski definition) is 1. The fourth-order valence-corrected chi connectivity index (χ4v) is 2.72. The number of ether oxygens (including phenoxy) is 2. The van der Waals surface area contributed by atoms with Crippen molar-refractivity contribution in [2.45, 2.75) is 73.1 Å². The molecule has 1 N–H and O–H groups in total. The van der Waals surface area contributed by atoms with Crippen LogP contribution >= 0.6 is 12.2 Å². The Morgan fingerprint density at radius 1 is 0.786 bits per heavy atom. The van der Waals surface area contributed by atoms with Crippen LogP contribution in [0.1, 0.15) is 73.1 Å². The van der Waals surface area contributed by atoms with Gasteiger partial charge in [0.15, 0.2) is 0 Å². The number of rotatable bonds is 14. The number of methoxy groups -OCH3 is 1. The minimum absolute atomic E-state index is 0.432. The normalized spacial score (nSPS) is 12.7. The third-order valence-corrected chi connectivity index (χ3v) is 4.64. The molecule has 0 aliphatic heterocycles. The van der Waals surface area contributed by atoms with E-state index in [4.69, 9.17) is 21.7 Å². The largest absolute Gasteiger partial charge is 0.467 e. The second-order valence-corrected chi connectivity index (χ2v) is 7.94. The van der Waals surface area contributed by atoms with E-state index in [2.05, 4.69) is 64.2 Å². The van der Waals surface area contributed by atoms with E-state index in [1.165, 1.54) is 28.7 Å².